The standard InChI is InChI=1S/C23H29NO5/c1-13(25)28-16-6-8-17-15(11-16)5-7-19-18(17)9-10-23(3)20(19)12-21(29-14(2)26)22(23)24-27-4/h6,8,11,18-21H,5,7,9-10,12H2,1-4H3/b24-22+/t18-,19-,20+,21+,23+/m1/s1. The van der Waals surface area contributed by atoms with E-state index in [1.165, 1.54) is 25.0 Å². The van der Waals surface area contributed by atoms with Gasteiger partial charge in [-0.05, 0) is 73.1 Å². The van der Waals surface area contributed by atoms with Crippen LogP contribution in [0, 0.1) is 17.3 Å². The van der Waals surface area contributed by atoms with Gasteiger partial charge in [0.1, 0.15) is 24.7 Å². The molecule has 156 valence electrons. The normalized spacial score (nSPS) is 34.0. The maximum Gasteiger partial charge on any atom is 0.308 e. The predicted octanol–water partition coefficient (Wildman–Crippen LogP) is 4.01. The fraction of sp³-hybridized carbons (Fsp3) is 0.609. The summed E-state index contributed by atoms with van der Waals surface area (Å²) in [5, 5.41) is 4.33. The van der Waals surface area contributed by atoms with E-state index in [1.54, 1.807) is 7.11 Å². The summed E-state index contributed by atoms with van der Waals surface area (Å²) < 4.78 is 10.9. The number of aryl methyl sites for hydroxylation is 1. The van der Waals surface area contributed by atoms with E-state index in [1.807, 2.05) is 12.1 Å². The summed E-state index contributed by atoms with van der Waals surface area (Å²) in [6, 6.07) is 6.06. The van der Waals surface area contributed by atoms with Crippen molar-refractivity contribution in [1.29, 1.82) is 0 Å². The third kappa shape index (κ3) is 3.43. The Hall–Kier alpha value is -2.37. The summed E-state index contributed by atoms with van der Waals surface area (Å²) in [6.07, 6.45) is 4.60. The third-order valence-corrected chi connectivity index (χ3v) is 7.21. The molecule has 6 nitrogen and oxygen atoms in total. The van der Waals surface area contributed by atoms with Gasteiger partial charge in [0, 0.05) is 19.3 Å². The molecule has 0 aliphatic heterocycles. The van der Waals surface area contributed by atoms with Crippen molar-refractivity contribution in [2.45, 2.75) is 64.9 Å². The van der Waals surface area contributed by atoms with Crippen LogP contribution in [0.3, 0.4) is 0 Å². The molecule has 1 aromatic rings. The Morgan fingerprint density at radius 1 is 1.17 bits per heavy atom. The molecule has 29 heavy (non-hydrogen) atoms. The summed E-state index contributed by atoms with van der Waals surface area (Å²) in [5.41, 5.74) is 3.44. The first-order valence-electron chi connectivity index (χ1n) is 10.4. The molecule has 1 aromatic carbocycles. The van der Waals surface area contributed by atoms with Crippen LogP contribution in [-0.2, 0) is 25.6 Å². The van der Waals surface area contributed by atoms with Gasteiger partial charge >= 0.3 is 11.9 Å². The molecule has 0 amide bonds. The summed E-state index contributed by atoms with van der Waals surface area (Å²) >= 11 is 0. The average Bonchev–Trinajstić information content (AvgIpc) is 2.92. The van der Waals surface area contributed by atoms with Gasteiger partial charge in [0.2, 0.25) is 0 Å². The highest BCUT2D eigenvalue weighted by molar-refractivity contribution is 5.97. The van der Waals surface area contributed by atoms with Gasteiger partial charge in [-0.25, -0.2) is 0 Å². The molecule has 0 saturated heterocycles. The van der Waals surface area contributed by atoms with Gasteiger partial charge < -0.3 is 14.3 Å². The van der Waals surface area contributed by atoms with Crippen molar-refractivity contribution in [3.05, 3.63) is 29.3 Å². The highest BCUT2D eigenvalue weighted by atomic mass is 16.6. The Labute approximate surface area is 171 Å². The van der Waals surface area contributed by atoms with E-state index < -0.39 is 0 Å². The fourth-order valence-electron chi connectivity index (χ4n) is 6.14. The van der Waals surface area contributed by atoms with Crippen molar-refractivity contribution in [3.8, 4) is 5.75 Å². The lowest BCUT2D eigenvalue weighted by Gasteiger charge is -2.48. The van der Waals surface area contributed by atoms with Crippen LogP contribution in [0.2, 0.25) is 0 Å². The van der Waals surface area contributed by atoms with Crippen LogP contribution in [0.1, 0.15) is 63.5 Å². The number of hydrogen-bond acceptors (Lipinski definition) is 6. The lowest BCUT2D eigenvalue weighted by Crippen LogP contribution is -2.43. The maximum atomic E-state index is 11.7. The molecule has 0 aromatic heterocycles. The summed E-state index contributed by atoms with van der Waals surface area (Å²) in [6.45, 7) is 5.14. The van der Waals surface area contributed by atoms with Gasteiger partial charge in [0.05, 0.1) is 0 Å². The topological polar surface area (TPSA) is 74.2 Å². The van der Waals surface area contributed by atoms with E-state index in [2.05, 4.69) is 18.1 Å². The van der Waals surface area contributed by atoms with E-state index in [0.29, 0.717) is 23.5 Å². The lowest BCUT2D eigenvalue weighted by atomic mass is 9.55. The molecule has 0 spiro atoms. The van der Waals surface area contributed by atoms with Crippen molar-refractivity contribution < 1.29 is 23.9 Å². The van der Waals surface area contributed by atoms with Crippen LogP contribution < -0.4 is 4.74 Å². The van der Waals surface area contributed by atoms with Gasteiger partial charge in [0.15, 0.2) is 0 Å². The number of carbonyl (C=O) groups is 2. The first kappa shape index (κ1) is 19.9. The number of rotatable bonds is 3. The maximum absolute atomic E-state index is 11.7. The number of oxime groups is 1. The van der Waals surface area contributed by atoms with Crippen LogP contribution >= 0.6 is 0 Å². The highest BCUT2D eigenvalue weighted by Gasteiger charge is 2.58. The van der Waals surface area contributed by atoms with E-state index >= 15 is 0 Å². The van der Waals surface area contributed by atoms with Gasteiger partial charge in [0.25, 0.3) is 0 Å². The number of fused-ring (bicyclic) bond motifs is 5. The third-order valence-electron chi connectivity index (χ3n) is 7.21. The quantitative estimate of drug-likeness (QED) is 0.436. The number of ether oxygens (including phenoxy) is 2. The first-order chi connectivity index (χ1) is 13.8. The number of hydrogen-bond donors (Lipinski definition) is 0. The Balaban J connectivity index is 1.64. The zero-order chi connectivity index (χ0) is 20.8. The highest BCUT2D eigenvalue weighted by Crippen LogP contribution is 2.60. The zero-order valence-corrected chi connectivity index (χ0v) is 17.6. The lowest BCUT2D eigenvalue weighted by molar-refractivity contribution is -0.143. The number of carbonyl (C=O) groups excluding carboxylic acids is 2. The minimum Gasteiger partial charge on any atom is -0.456 e. The zero-order valence-electron chi connectivity index (χ0n) is 17.6. The molecule has 0 heterocycles. The molecular weight excluding hydrogens is 370 g/mol. The van der Waals surface area contributed by atoms with Crippen molar-refractivity contribution in [2.24, 2.45) is 22.4 Å². The summed E-state index contributed by atoms with van der Waals surface area (Å²) in [7, 11) is 1.55. The predicted molar refractivity (Wildman–Crippen MR) is 108 cm³/mol. The van der Waals surface area contributed by atoms with Gasteiger partial charge in [-0.2, -0.15) is 0 Å². The number of nitrogens with zero attached hydrogens (tertiary/aromatic N) is 1. The molecule has 0 bridgehead atoms. The molecule has 2 saturated carbocycles. The molecule has 2 fully saturated rings. The first-order valence-corrected chi connectivity index (χ1v) is 10.4. The average molecular weight is 399 g/mol. The molecule has 5 atom stereocenters. The Bertz CT molecular complexity index is 863. The summed E-state index contributed by atoms with van der Waals surface area (Å²) in [5.74, 6) is 1.46. The van der Waals surface area contributed by atoms with Crippen molar-refractivity contribution in [1.82, 2.24) is 0 Å². The van der Waals surface area contributed by atoms with Crippen LogP contribution in [0.25, 0.3) is 0 Å². The smallest absolute Gasteiger partial charge is 0.308 e. The summed E-state index contributed by atoms with van der Waals surface area (Å²) in [4.78, 5) is 28.1. The Morgan fingerprint density at radius 3 is 2.66 bits per heavy atom. The van der Waals surface area contributed by atoms with Crippen LogP contribution in [0.4, 0.5) is 0 Å². The minimum absolute atomic E-state index is 0.105. The molecule has 3 aliphatic carbocycles. The molecule has 0 N–H and O–H groups in total. The second-order valence-electron chi connectivity index (χ2n) is 8.82. The van der Waals surface area contributed by atoms with Crippen molar-refractivity contribution in [3.63, 3.8) is 0 Å². The van der Waals surface area contributed by atoms with Crippen LogP contribution in [0.5, 0.6) is 5.75 Å². The van der Waals surface area contributed by atoms with E-state index in [9.17, 15) is 9.59 Å². The molecule has 6 heteroatoms. The van der Waals surface area contributed by atoms with E-state index in [0.717, 1.165) is 37.8 Å². The number of esters is 2. The minimum atomic E-state index is -0.297. The van der Waals surface area contributed by atoms with Crippen molar-refractivity contribution >= 4 is 17.7 Å². The van der Waals surface area contributed by atoms with Gasteiger partial charge in [-0.1, -0.05) is 18.1 Å². The van der Waals surface area contributed by atoms with Gasteiger partial charge in [-0.3, -0.25) is 9.59 Å². The largest absolute Gasteiger partial charge is 0.456 e. The van der Waals surface area contributed by atoms with Crippen LogP contribution in [-0.4, -0.2) is 30.9 Å². The molecule has 3 aliphatic rings. The number of benzene rings is 1. The Morgan fingerprint density at radius 2 is 1.97 bits per heavy atom. The second-order valence-corrected chi connectivity index (χ2v) is 8.82. The molecule has 4 rings (SSSR count). The molecular formula is C23H29NO5. The van der Waals surface area contributed by atoms with Gasteiger partial charge in [-0.15, -0.1) is 0 Å². The van der Waals surface area contributed by atoms with Crippen molar-refractivity contribution in [2.75, 3.05) is 7.11 Å². The second kappa shape index (κ2) is 7.47. The molecule has 0 unspecified atom stereocenters. The molecule has 0 radical (unpaired) electrons. The Kier molecular flexibility index (Phi) is 5.13. The van der Waals surface area contributed by atoms with Crippen LogP contribution in [0.15, 0.2) is 23.4 Å². The SMILES string of the molecule is CO/N=C1\[C@@H](OC(C)=O)C[C@H]2[C@@H]3CCc4cc(OC(C)=O)ccc4[C@H]3CC[C@]12C. The monoisotopic (exact) mass is 399 g/mol. The van der Waals surface area contributed by atoms with E-state index in [4.69, 9.17) is 14.3 Å². The van der Waals surface area contributed by atoms with E-state index in [-0.39, 0.29) is 23.5 Å². The fourth-order valence-corrected chi connectivity index (χ4v) is 6.14.